The van der Waals surface area contributed by atoms with Crippen LogP contribution in [0.2, 0.25) is 0 Å². The number of ether oxygens (including phenoxy) is 1. The van der Waals surface area contributed by atoms with Crippen molar-refractivity contribution in [3.63, 3.8) is 0 Å². The van der Waals surface area contributed by atoms with E-state index in [0.29, 0.717) is 18.9 Å². The maximum Gasteiger partial charge on any atom is 0.220 e. The lowest BCUT2D eigenvalue weighted by atomic mass is 10.1. The molecule has 0 heterocycles. The summed E-state index contributed by atoms with van der Waals surface area (Å²) in [4.78, 5) is 11.7. The van der Waals surface area contributed by atoms with Gasteiger partial charge in [0.1, 0.15) is 0 Å². The van der Waals surface area contributed by atoms with Crippen LogP contribution in [0.25, 0.3) is 0 Å². The van der Waals surface area contributed by atoms with Gasteiger partial charge in [0.05, 0.1) is 12.6 Å². The highest BCUT2D eigenvalue weighted by molar-refractivity contribution is 6.17. The summed E-state index contributed by atoms with van der Waals surface area (Å²) in [6.07, 6.45) is 8.61. The molecule has 3 nitrogen and oxygen atoms in total. The van der Waals surface area contributed by atoms with Crippen molar-refractivity contribution >= 4 is 17.5 Å². The molecule has 1 N–H and O–H groups in total. The number of amides is 1. The van der Waals surface area contributed by atoms with Crippen molar-refractivity contribution in [2.24, 2.45) is 0 Å². The average Bonchev–Trinajstić information content (AvgIpc) is 2.34. The van der Waals surface area contributed by atoms with E-state index in [1.165, 1.54) is 25.7 Å². The molecule has 0 aromatic rings. The first-order valence-electron chi connectivity index (χ1n) is 7.08. The maximum absolute atomic E-state index is 11.7. The van der Waals surface area contributed by atoms with Crippen LogP contribution in [0.5, 0.6) is 0 Å². The van der Waals surface area contributed by atoms with Crippen molar-refractivity contribution in [2.75, 3.05) is 19.6 Å². The van der Waals surface area contributed by atoms with E-state index in [1.54, 1.807) is 7.11 Å². The van der Waals surface area contributed by atoms with Crippen LogP contribution >= 0.6 is 11.6 Å². The molecule has 0 radical (unpaired) electrons. The number of carbonyl (C=O) groups is 1. The Kier molecular flexibility index (Phi) is 13.0. The molecule has 0 aliphatic heterocycles. The molecule has 0 spiro atoms. The van der Waals surface area contributed by atoms with Gasteiger partial charge in [0, 0.05) is 19.4 Å². The molecule has 108 valence electrons. The molecular weight excluding hydrogens is 250 g/mol. The third kappa shape index (κ3) is 10.8. The van der Waals surface area contributed by atoms with Gasteiger partial charge in [-0.25, -0.2) is 0 Å². The van der Waals surface area contributed by atoms with E-state index in [2.05, 4.69) is 12.2 Å². The number of halogens is 1. The monoisotopic (exact) mass is 277 g/mol. The topological polar surface area (TPSA) is 38.3 Å². The summed E-state index contributed by atoms with van der Waals surface area (Å²) < 4.78 is 5.05. The Bertz CT molecular complexity index is 194. The van der Waals surface area contributed by atoms with Crippen LogP contribution in [0, 0.1) is 0 Å². The predicted molar refractivity (Wildman–Crippen MR) is 77.1 cm³/mol. The molecule has 0 saturated heterocycles. The molecule has 0 bridgehead atoms. The molecule has 0 aromatic heterocycles. The van der Waals surface area contributed by atoms with Gasteiger partial charge in [-0.2, -0.15) is 0 Å². The van der Waals surface area contributed by atoms with Crippen LogP contribution in [0.3, 0.4) is 0 Å². The molecule has 0 saturated carbocycles. The summed E-state index contributed by atoms with van der Waals surface area (Å²) in [5.41, 5.74) is 0. The van der Waals surface area contributed by atoms with Gasteiger partial charge in [-0.05, 0) is 12.8 Å². The molecular formula is C14H28ClNO2. The predicted octanol–water partition coefficient (Wildman–Crippen LogP) is 3.50. The zero-order valence-corrected chi connectivity index (χ0v) is 12.6. The van der Waals surface area contributed by atoms with Crippen molar-refractivity contribution in [2.45, 2.75) is 64.3 Å². The SMILES string of the molecule is CCCCCCCCC(=O)NC(CCCl)COC. The fourth-order valence-electron chi connectivity index (χ4n) is 1.90. The number of hydrogen-bond donors (Lipinski definition) is 1. The molecule has 4 heteroatoms. The molecule has 1 atom stereocenters. The van der Waals surface area contributed by atoms with Crippen molar-refractivity contribution in [1.29, 1.82) is 0 Å². The van der Waals surface area contributed by atoms with Crippen LogP contribution in [-0.2, 0) is 9.53 Å². The van der Waals surface area contributed by atoms with E-state index >= 15 is 0 Å². The number of methoxy groups -OCH3 is 1. The Balaban J connectivity index is 3.55. The minimum Gasteiger partial charge on any atom is -0.383 e. The lowest BCUT2D eigenvalue weighted by Crippen LogP contribution is -2.38. The van der Waals surface area contributed by atoms with Crippen LogP contribution in [0.4, 0.5) is 0 Å². The second kappa shape index (κ2) is 13.2. The van der Waals surface area contributed by atoms with Gasteiger partial charge in [-0.15, -0.1) is 11.6 Å². The van der Waals surface area contributed by atoms with Crippen molar-refractivity contribution in [1.82, 2.24) is 5.32 Å². The molecule has 1 unspecified atom stereocenters. The Morgan fingerprint density at radius 1 is 1.22 bits per heavy atom. The van der Waals surface area contributed by atoms with Gasteiger partial charge in [-0.1, -0.05) is 39.0 Å². The number of rotatable bonds is 12. The summed E-state index contributed by atoms with van der Waals surface area (Å²) in [6, 6.07) is 0.0556. The standard InChI is InChI=1S/C14H28ClNO2/c1-3-4-5-6-7-8-9-14(17)16-13(10-11-15)12-18-2/h13H,3-12H2,1-2H3,(H,16,17). The summed E-state index contributed by atoms with van der Waals surface area (Å²) in [5, 5.41) is 2.97. The fraction of sp³-hybridized carbons (Fsp3) is 0.929. The van der Waals surface area contributed by atoms with Crippen LogP contribution in [0.1, 0.15) is 58.3 Å². The Morgan fingerprint density at radius 3 is 2.50 bits per heavy atom. The van der Waals surface area contributed by atoms with E-state index in [4.69, 9.17) is 16.3 Å². The molecule has 0 rings (SSSR count). The highest BCUT2D eigenvalue weighted by Crippen LogP contribution is 2.07. The first-order valence-corrected chi connectivity index (χ1v) is 7.62. The van der Waals surface area contributed by atoms with Gasteiger partial charge in [0.25, 0.3) is 0 Å². The van der Waals surface area contributed by atoms with E-state index < -0.39 is 0 Å². The minimum atomic E-state index is 0.0556. The summed E-state index contributed by atoms with van der Waals surface area (Å²) in [6.45, 7) is 2.75. The van der Waals surface area contributed by atoms with Crippen LogP contribution < -0.4 is 5.32 Å². The maximum atomic E-state index is 11.7. The van der Waals surface area contributed by atoms with E-state index in [1.807, 2.05) is 0 Å². The van der Waals surface area contributed by atoms with Gasteiger partial charge >= 0.3 is 0 Å². The van der Waals surface area contributed by atoms with Crippen molar-refractivity contribution < 1.29 is 9.53 Å². The number of alkyl halides is 1. The van der Waals surface area contributed by atoms with Gasteiger partial charge in [0.2, 0.25) is 5.91 Å². The van der Waals surface area contributed by atoms with Gasteiger partial charge in [-0.3, -0.25) is 4.79 Å². The third-order valence-corrected chi connectivity index (χ3v) is 3.17. The average molecular weight is 278 g/mol. The van der Waals surface area contributed by atoms with Crippen molar-refractivity contribution in [3.05, 3.63) is 0 Å². The summed E-state index contributed by atoms with van der Waals surface area (Å²) in [5.74, 6) is 0.670. The number of nitrogens with one attached hydrogen (secondary N) is 1. The molecule has 0 aliphatic carbocycles. The van der Waals surface area contributed by atoms with Crippen LogP contribution in [0.15, 0.2) is 0 Å². The molecule has 1 amide bonds. The molecule has 0 aromatic carbocycles. The van der Waals surface area contributed by atoms with Gasteiger partial charge < -0.3 is 10.1 Å². The highest BCUT2D eigenvalue weighted by atomic mass is 35.5. The number of carbonyl (C=O) groups excluding carboxylic acids is 1. The number of unbranched alkanes of at least 4 members (excludes halogenated alkanes) is 5. The van der Waals surface area contributed by atoms with E-state index in [-0.39, 0.29) is 11.9 Å². The third-order valence-electron chi connectivity index (χ3n) is 2.95. The molecule has 0 aliphatic rings. The Labute approximate surface area is 117 Å². The Hall–Kier alpha value is -0.280. The summed E-state index contributed by atoms with van der Waals surface area (Å²) in [7, 11) is 1.64. The number of hydrogen-bond acceptors (Lipinski definition) is 2. The molecule has 18 heavy (non-hydrogen) atoms. The second-order valence-corrected chi connectivity index (χ2v) is 5.09. The summed E-state index contributed by atoms with van der Waals surface area (Å²) >= 11 is 5.68. The normalized spacial score (nSPS) is 12.4. The smallest absolute Gasteiger partial charge is 0.220 e. The lowest BCUT2D eigenvalue weighted by molar-refractivity contribution is -0.122. The lowest BCUT2D eigenvalue weighted by Gasteiger charge is -2.16. The first-order chi connectivity index (χ1) is 8.74. The largest absolute Gasteiger partial charge is 0.383 e. The van der Waals surface area contributed by atoms with E-state index in [9.17, 15) is 4.79 Å². The first kappa shape index (κ1) is 17.7. The Morgan fingerprint density at radius 2 is 1.89 bits per heavy atom. The zero-order valence-electron chi connectivity index (χ0n) is 11.8. The highest BCUT2D eigenvalue weighted by Gasteiger charge is 2.10. The van der Waals surface area contributed by atoms with Gasteiger partial charge in [0.15, 0.2) is 0 Å². The fourth-order valence-corrected chi connectivity index (χ4v) is 2.16. The minimum absolute atomic E-state index is 0.0556. The van der Waals surface area contributed by atoms with E-state index in [0.717, 1.165) is 19.3 Å². The quantitative estimate of drug-likeness (QED) is 0.438. The zero-order chi connectivity index (χ0) is 13.6. The molecule has 0 fully saturated rings. The van der Waals surface area contributed by atoms with Crippen LogP contribution in [-0.4, -0.2) is 31.5 Å². The van der Waals surface area contributed by atoms with Crippen molar-refractivity contribution in [3.8, 4) is 0 Å². The second-order valence-electron chi connectivity index (χ2n) is 4.72.